The normalized spacial score (nSPS) is 26.4. The van der Waals surface area contributed by atoms with E-state index in [1.807, 2.05) is 0 Å². The molecule has 4 atom stereocenters. The minimum absolute atomic E-state index is 0.214. The molecule has 2 heteroatoms. The Hall–Kier alpha value is -3.20. The van der Waals surface area contributed by atoms with E-state index in [1.165, 1.54) is 95.9 Å². The fourth-order valence-electron chi connectivity index (χ4n) is 9.51. The Kier molecular flexibility index (Phi) is 8.17. The van der Waals surface area contributed by atoms with E-state index in [-0.39, 0.29) is 11.1 Å². The van der Waals surface area contributed by atoms with Crippen LogP contribution in [-0.2, 0) is 23.9 Å². The van der Waals surface area contributed by atoms with Gasteiger partial charge in [0.15, 0.2) is 0 Å². The topological polar surface area (TPSA) is 24.1 Å². The third kappa shape index (κ3) is 5.70. The van der Waals surface area contributed by atoms with Gasteiger partial charge in [0.1, 0.15) is 0 Å². The zero-order chi connectivity index (χ0) is 32.2. The smallest absolute Gasteiger partial charge is 0.0667 e. The van der Waals surface area contributed by atoms with Crippen molar-refractivity contribution in [3.05, 3.63) is 129 Å². The van der Waals surface area contributed by atoms with Gasteiger partial charge in [0.25, 0.3) is 0 Å². The van der Waals surface area contributed by atoms with Gasteiger partial charge in [-0.1, -0.05) is 111 Å². The minimum Gasteiger partial charge on any atom is -0.307 e. The van der Waals surface area contributed by atoms with Crippen LogP contribution in [-0.4, -0.2) is 13.6 Å². The van der Waals surface area contributed by atoms with Gasteiger partial charge in [-0.2, -0.15) is 0 Å². The molecule has 47 heavy (non-hydrogen) atoms. The molecular formula is C45H54N2. The molecule has 8 rings (SSSR count). The van der Waals surface area contributed by atoms with Gasteiger partial charge in [-0.15, -0.1) is 0 Å². The molecule has 0 radical (unpaired) electrons. The summed E-state index contributed by atoms with van der Waals surface area (Å²) in [6.45, 7) is 8.04. The largest absolute Gasteiger partial charge is 0.307 e. The Balaban J connectivity index is 1.23. The molecule has 4 aliphatic carbocycles. The molecule has 0 bridgehead atoms. The van der Waals surface area contributed by atoms with Crippen LogP contribution in [0.2, 0.25) is 0 Å². The minimum atomic E-state index is -0.225. The summed E-state index contributed by atoms with van der Waals surface area (Å²) in [5.74, 6) is 3.04. The predicted molar refractivity (Wildman–Crippen MR) is 197 cm³/mol. The third-order valence-electron chi connectivity index (χ3n) is 12.7. The van der Waals surface area contributed by atoms with E-state index in [0.717, 1.165) is 31.2 Å². The Morgan fingerprint density at radius 3 is 1.83 bits per heavy atom. The molecule has 0 amide bonds. The molecule has 0 aromatic heterocycles. The van der Waals surface area contributed by atoms with Crippen LogP contribution in [0.1, 0.15) is 128 Å². The molecule has 2 saturated carbocycles. The van der Waals surface area contributed by atoms with E-state index in [4.69, 9.17) is 0 Å². The first-order chi connectivity index (χ1) is 22.9. The lowest BCUT2D eigenvalue weighted by Gasteiger charge is -2.34. The number of fused-ring (bicyclic) bond motifs is 4. The van der Waals surface area contributed by atoms with Crippen LogP contribution < -0.4 is 10.6 Å². The Morgan fingerprint density at radius 1 is 0.574 bits per heavy atom. The van der Waals surface area contributed by atoms with Crippen molar-refractivity contribution in [2.45, 2.75) is 108 Å². The highest BCUT2D eigenvalue weighted by molar-refractivity contribution is 5.69. The standard InChI is InChI=1S/C45H54N2/c1-5-47-45(3)40-12-8-6-10-36(40)27-34(20-18-30-14-15-30)39-24-22-33(29-43(39)45)32-23-25-41-37(26-32)28-35(21-19-31-16-17-31)38-11-7-9-13-42(38)44(41,2)46-4/h6-13,22-26,29-31,34-35,46-47H,5,14-21,27-28H2,1-4H3/t34-,35-,44+,45+/m0/s1. The second-order valence-corrected chi connectivity index (χ2v) is 15.8. The molecular weight excluding hydrogens is 569 g/mol. The van der Waals surface area contributed by atoms with Crippen LogP contribution in [0.15, 0.2) is 84.9 Å². The van der Waals surface area contributed by atoms with Gasteiger partial charge in [-0.3, -0.25) is 0 Å². The molecule has 244 valence electrons. The predicted octanol–water partition coefficient (Wildman–Crippen LogP) is 10.4. The molecule has 4 aromatic rings. The molecule has 0 saturated heterocycles. The summed E-state index contributed by atoms with van der Waals surface area (Å²) in [6.07, 6.45) is 13.3. The molecule has 2 N–H and O–H groups in total. The van der Waals surface area contributed by atoms with Gasteiger partial charge in [0, 0.05) is 0 Å². The van der Waals surface area contributed by atoms with Crippen LogP contribution >= 0.6 is 0 Å². The quantitative estimate of drug-likeness (QED) is 0.184. The first kappa shape index (κ1) is 31.1. The summed E-state index contributed by atoms with van der Waals surface area (Å²) in [5, 5.41) is 7.79. The number of rotatable bonds is 10. The summed E-state index contributed by atoms with van der Waals surface area (Å²) >= 11 is 0. The average molecular weight is 623 g/mol. The van der Waals surface area contributed by atoms with E-state index in [0.29, 0.717) is 11.8 Å². The van der Waals surface area contributed by atoms with E-state index < -0.39 is 0 Å². The van der Waals surface area contributed by atoms with Gasteiger partial charge in [-0.25, -0.2) is 0 Å². The van der Waals surface area contributed by atoms with E-state index >= 15 is 0 Å². The second kappa shape index (κ2) is 12.4. The molecule has 0 spiro atoms. The number of hydrogen-bond donors (Lipinski definition) is 2. The lowest BCUT2D eigenvalue weighted by atomic mass is 9.78. The van der Waals surface area contributed by atoms with Crippen LogP contribution in [0, 0.1) is 11.8 Å². The van der Waals surface area contributed by atoms with Crippen molar-refractivity contribution in [1.29, 1.82) is 0 Å². The van der Waals surface area contributed by atoms with Crippen molar-refractivity contribution in [1.82, 2.24) is 10.6 Å². The van der Waals surface area contributed by atoms with Crippen molar-refractivity contribution in [3.63, 3.8) is 0 Å². The summed E-state index contributed by atoms with van der Waals surface area (Å²) < 4.78 is 0. The third-order valence-corrected chi connectivity index (χ3v) is 12.7. The molecule has 2 nitrogen and oxygen atoms in total. The monoisotopic (exact) mass is 622 g/mol. The van der Waals surface area contributed by atoms with Crippen molar-refractivity contribution in [3.8, 4) is 11.1 Å². The van der Waals surface area contributed by atoms with Crippen molar-refractivity contribution in [2.24, 2.45) is 11.8 Å². The fourth-order valence-corrected chi connectivity index (χ4v) is 9.51. The summed E-state index contributed by atoms with van der Waals surface area (Å²) in [4.78, 5) is 0. The van der Waals surface area contributed by atoms with Gasteiger partial charge in [0.2, 0.25) is 0 Å². The van der Waals surface area contributed by atoms with Gasteiger partial charge in [0.05, 0.1) is 11.1 Å². The highest BCUT2D eigenvalue weighted by atomic mass is 15.0. The lowest BCUT2D eigenvalue weighted by Crippen LogP contribution is -2.41. The number of nitrogens with one attached hydrogen (secondary N) is 2. The molecule has 4 aromatic carbocycles. The maximum atomic E-state index is 4.00. The first-order valence-corrected chi connectivity index (χ1v) is 18.8. The highest BCUT2D eigenvalue weighted by Gasteiger charge is 2.39. The van der Waals surface area contributed by atoms with Crippen molar-refractivity contribution < 1.29 is 0 Å². The van der Waals surface area contributed by atoms with Crippen LogP contribution in [0.4, 0.5) is 0 Å². The van der Waals surface area contributed by atoms with Gasteiger partial charge in [-0.05, 0) is 151 Å². The van der Waals surface area contributed by atoms with Crippen LogP contribution in [0.3, 0.4) is 0 Å². The molecule has 0 unspecified atom stereocenters. The van der Waals surface area contributed by atoms with Crippen molar-refractivity contribution >= 4 is 0 Å². The Labute approximate surface area is 283 Å². The number of hydrogen-bond acceptors (Lipinski definition) is 2. The fraction of sp³-hybridized carbons (Fsp3) is 0.467. The van der Waals surface area contributed by atoms with Crippen LogP contribution in [0.5, 0.6) is 0 Å². The van der Waals surface area contributed by atoms with Crippen molar-refractivity contribution in [2.75, 3.05) is 13.6 Å². The SMILES string of the molecule is CCN[C@]1(C)c2ccccc2C[C@H](CCC2CC2)c2ccc(-c3ccc4c(c3)C[C@H](CCC3CC3)c3ccccc3[C@]4(C)NC)cc21. The maximum Gasteiger partial charge on any atom is 0.0667 e. The van der Waals surface area contributed by atoms with Gasteiger partial charge < -0.3 is 10.6 Å². The summed E-state index contributed by atoms with van der Waals surface area (Å²) in [5.41, 5.74) is 14.2. The van der Waals surface area contributed by atoms with E-state index in [9.17, 15) is 0 Å². The Morgan fingerprint density at radius 2 is 1.15 bits per heavy atom. The van der Waals surface area contributed by atoms with Gasteiger partial charge >= 0.3 is 0 Å². The van der Waals surface area contributed by atoms with E-state index in [1.54, 1.807) is 11.1 Å². The van der Waals surface area contributed by atoms with E-state index in [2.05, 4.69) is 123 Å². The average Bonchev–Trinajstić information content (AvgIpc) is 4.03. The zero-order valence-electron chi connectivity index (χ0n) is 29.2. The Bertz CT molecular complexity index is 1760. The highest BCUT2D eigenvalue weighted by Crippen LogP contribution is 2.48. The summed E-state index contributed by atoms with van der Waals surface area (Å²) in [7, 11) is 2.14. The molecule has 0 aliphatic heterocycles. The lowest BCUT2D eigenvalue weighted by molar-refractivity contribution is 0.449. The van der Waals surface area contributed by atoms with Crippen LogP contribution in [0.25, 0.3) is 11.1 Å². The number of benzene rings is 4. The summed E-state index contributed by atoms with van der Waals surface area (Å²) in [6, 6.07) is 33.5. The maximum absolute atomic E-state index is 4.00. The molecule has 2 fully saturated rings. The first-order valence-electron chi connectivity index (χ1n) is 18.8. The molecule has 4 aliphatic rings. The zero-order valence-corrected chi connectivity index (χ0v) is 29.2. The second-order valence-electron chi connectivity index (χ2n) is 15.8. The molecule has 0 heterocycles.